The van der Waals surface area contributed by atoms with Crippen LogP contribution in [0, 0.1) is 5.92 Å². The lowest BCUT2D eigenvalue weighted by molar-refractivity contribution is -0.139. The fourth-order valence-electron chi connectivity index (χ4n) is 4.25. The summed E-state index contributed by atoms with van der Waals surface area (Å²) in [5.41, 5.74) is 5.41. The fraction of sp³-hybridized carbons (Fsp3) is 0.857. The highest BCUT2D eigenvalue weighted by Gasteiger charge is 2.39. The van der Waals surface area contributed by atoms with Crippen molar-refractivity contribution < 1.29 is 19.1 Å². The topological polar surface area (TPSA) is 105 Å². The molecule has 1 saturated carbocycles. The Bertz CT molecular complexity index is 598. The van der Waals surface area contributed by atoms with Gasteiger partial charge in [0.05, 0.1) is 0 Å². The zero-order valence-electron chi connectivity index (χ0n) is 18.6. The summed E-state index contributed by atoms with van der Waals surface area (Å²) >= 11 is 0. The van der Waals surface area contributed by atoms with E-state index in [0.29, 0.717) is 6.54 Å². The van der Waals surface area contributed by atoms with Gasteiger partial charge in [0.2, 0.25) is 11.8 Å². The van der Waals surface area contributed by atoms with Crippen LogP contribution in [-0.2, 0) is 14.3 Å². The molecule has 3 N–H and O–H groups in total. The Morgan fingerprint density at radius 3 is 2.34 bits per heavy atom. The van der Waals surface area contributed by atoms with Gasteiger partial charge in [-0.25, -0.2) is 4.79 Å². The molecular formula is C21H38N4O4. The first-order valence-electron chi connectivity index (χ1n) is 10.8. The van der Waals surface area contributed by atoms with Crippen LogP contribution in [0.5, 0.6) is 0 Å². The molecule has 0 spiro atoms. The largest absolute Gasteiger partial charge is 0.444 e. The maximum Gasteiger partial charge on any atom is 0.410 e. The van der Waals surface area contributed by atoms with E-state index in [2.05, 4.69) is 5.32 Å². The van der Waals surface area contributed by atoms with Crippen LogP contribution in [0.3, 0.4) is 0 Å². The highest BCUT2D eigenvalue weighted by molar-refractivity contribution is 5.90. The number of nitrogens with two attached hydrogens (primary N) is 1. The van der Waals surface area contributed by atoms with E-state index in [1.165, 1.54) is 11.9 Å². The number of rotatable bonds is 5. The second-order valence-electron chi connectivity index (χ2n) is 9.62. The average molecular weight is 411 g/mol. The molecular weight excluding hydrogens is 372 g/mol. The maximum absolute atomic E-state index is 13.3. The molecule has 1 heterocycles. The zero-order valence-corrected chi connectivity index (χ0v) is 18.6. The van der Waals surface area contributed by atoms with Crippen LogP contribution in [0.25, 0.3) is 0 Å². The van der Waals surface area contributed by atoms with Crippen molar-refractivity contribution in [1.82, 2.24) is 15.1 Å². The van der Waals surface area contributed by atoms with Crippen LogP contribution >= 0.6 is 0 Å². The lowest BCUT2D eigenvalue weighted by Crippen LogP contribution is -2.55. The van der Waals surface area contributed by atoms with Crippen molar-refractivity contribution in [2.75, 3.05) is 20.1 Å². The van der Waals surface area contributed by atoms with E-state index < -0.39 is 17.7 Å². The second-order valence-corrected chi connectivity index (χ2v) is 9.62. The van der Waals surface area contributed by atoms with Crippen molar-refractivity contribution in [2.45, 2.75) is 89.9 Å². The predicted octanol–water partition coefficient (Wildman–Crippen LogP) is 1.87. The van der Waals surface area contributed by atoms with Gasteiger partial charge in [-0.2, -0.15) is 0 Å². The van der Waals surface area contributed by atoms with Crippen LogP contribution < -0.4 is 11.1 Å². The first-order valence-corrected chi connectivity index (χ1v) is 10.8. The maximum atomic E-state index is 13.3. The number of carbonyl (C=O) groups excluding carboxylic acids is 3. The Labute approximate surface area is 174 Å². The van der Waals surface area contributed by atoms with Crippen LogP contribution in [0.1, 0.15) is 66.2 Å². The second kappa shape index (κ2) is 9.78. The smallest absolute Gasteiger partial charge is 0.410 e. The van der Waals surface area contributed by atoms with Gasteiger partial charge < -0.3 is 25.6 Å². The highest BCUT2D eigenvalue weighted by Crippen LogP contribution is 2.29. The number of carbonyl (C=O) groups is 3. The van der Waals surface area contributed by atoms with E-state index in [1.807, 2.05) is 11.8 Å². The molecule has 3 unspecified atom stereocenters. The molecule has 0 bridgehead atoms. The third kappa shape index (κ3) is 6.87. The summed E-state index contributed by atoms with van der Waals surface area (Å²) in [6.07, 6.45) is 5.36. The average Bonchev–Trinajstić information content (AvgIpc) is 2.96. The summed E-state index contributed by atoms with van der Waals surface area (Å²) in [6, 6.07) is -0.512. The minimum absolute atomic E-state index is 0.0186. The summed E-state index contributed by atoms with van der Waals surface area (Å²) < 4.78 is 5.29. The number of amides is 3. The summed E-state index contributed by atoms with van der Waals surface area (Å²) in [4.78, 5) is 41.2. The predicted molar refractivity (Wildman–Crippen MR) is 111 cm³/mol. The zero-order chi connectivity index (χ0) is 21.8. The van der Waals surface area contributed by atoms with E-state index in [-0.39, 0.29) is 36.4 Å². The highest BCUT2D eigenvalue weighted by atomic mass is 16.6. The summed E-state index contributed by atoms with van der Waals surface area (Å²) in [7, 11) is 1.52. The van der Waals surface area contributed by atoms with Crippen molar-refractivity contribution in [3.8, 4) is 0 Å². The van der Waals surface area contributed by atoms with Gasteiger partial charge in [0, 0.05) is 25.7 Å². The molecule has 1 saturated heterocycles. The van der Waals surface area contributed by atoms with Gasteiger partial charge in [-0.05, 0) is 52.9 Å². The molecule has 2 rings (SSSR count). The Morgan fingerprint density at radius 2 is 1.83 bits per heavy atom. The Balaban J connectivity index is 2.04. The minimum Gasteiger partial charge on any atom is -0.444 e. The van der Waals surface area contributed by atoms with E-state index in [0.717, 1.165) is 38.5 Å². The van der Waals surface area contributed by atoms with Crippen molar-refractivity contribution in [1.29, 1.82) is 0 Å². The molecule has 0 aromatic rings. The van der Waals surface area contributed by atoms with Gasteiger partial charge in [0.15, 0.2) is 0 Å². The van der Waals surface area contributed by atoms with Gasteiger partial charge >= 0.3 is 6.09 Å². The standard InChI is InChI=1S/C21H38N4O4/c1-14-11-16(22)12-25(14)19(27)18(15-9-7-6-8-10-15)23-17(26)13-24(5)20(28)29-21(2,3)4/h14-16,18H,6-13,22H2,1-5H3,(H,23,26). The summed E-state index contributed by atoms with van der Waals surface area (Å²) in [5.74, 6) is -0.278. The molecule has 29 heavy (non-hydrogen) atoms. The van der Waals surface area contributed by atoms with Crippen LogP contribution in [0.2, 0.25) is 0 Å². The first-order chi connectivity index (χ1) is 13.5. The number of ether oxygens (including phenoxy) is 1. The molecule has 0 aromatic carbocycles. The number of likely N-dealkylation sites (N-methyl/N-ethyl adjacent to an activating group) is 1. The van der Waals surface area contributed by atoms with Crippen molar-refractivity contribution >= 4 is 17.9 Å². The summed E-state index contributed by atoms with van der Waals surface area (Å²) in [5, 5.41) is 2.93. The lowest BCUT2D eigenvalue weighted by Gasteiger charge is -2.34. The summed E-state index contributed by atoms with van der Waals surface area (Å²) in [6.45, 7) is 7.70. The fourth-order valence-corrected chi connectivity index (χ4v) is 4.25. The van der Waals surface area contributed by atoms with E-state index in [9.17, 15) is 14.4 Å². The lowest BCUT2D eigenvalue weighted by atomic mass is 9.83. The van der Waals surface area contributed by atoms with Crippen molar-refractivity contribution in [2.24, 2.45) is 11.7 Å². The van der Waals surface area contributed by atoms with Gasteiger partial charge in [0.1, 0.15) is 18.2 Å². The Morgan fingerprint density at radius 1 is 1.21 bits per heavy atom. The van der Waals surface area contributed by atoms with Gasteiger partial charge in [0.25, 0.3) is 0 Å². The van der Waals surface area contributed by atoms with E-state index in [1.54, 1.807) is 20.8 Å². The molecule has 8 heteroatoms. The monoisotopic (exact) mass is 410 g/mol. The molecule has 0 aromatic heterocycles. The molecule has 2 fully saturated rings. The molecule has 3 amide bonds. The normalized spacial score (nSPS) is 24.1. The Kier molecular flexibility index (Phi) is 7.91. The SMILES string of the molecule is CC1CC(N)CN1C(=O)C(NC(=O)CN(C)C(=O)OC(C)(C)C)C1CCCCC1. The number of nitrogens with one attached hydrogen (secondary N) is 1. The number of likely N-dealkylation sites (tertiary alicyclic amines) is 1. The minimum atomic E-state index is -0.632. The molecule has 1 aliphatic carbocycles. The van der Waals surface area contributed by atoms with Gasteiger partial charge in [-0.15, -0.1) is 0 Å². The van der Waals surface area contributed by atoms with E-state index in [4.69, 9.17) is 10.5 Å². The third-order valence-corrected chi connectivity index (χ3v) is 5.68. The molecule has 3 atom stereocenters. The number of hydrogen-bond donors (Lipinski definition) is 2. The van der Waals surface area contributed by atoms with Crippen LogP contribution in [0.15, 0.2) is 0 Å². The molecule has 0 radical (unpaired) electrons. The number of nitrogens with zero attached hydrogens (tertiary/aromatic N) is 2. The quantitative estimate of drug-likeness (QED) is 0.720. The van der Waals surface area contributed by atoms with Crippen molar-refractivity contribution in [3.05, 3.63) is 0 Å². The molecule has 1 aliphatic heterocycles. The Hall–Kier alpha value is -1.83. The molecule has 2 aliphatic rings. The van der Waals surface area contributed by atoms with Gasteiger partial charge in [-0.1, -0.05) is 19.3 Å². The molecule has 8 nitrogen and oxygen atoms in total. The first kappa shape index (κ1) is 23.4. The van der Waals surface area contributed by atoms with Crippen molar-refractivity contribution in [3.63, 3.8) is 0 Å². The number of hydrogen-bond acceptors (Lipinski definition) is 5. The molecule has 166 valence electrons. The van der Waals surface area contributed by atoms with Crippen LogP contribution in [-0.4, -0.2) is 71.6 Å². The van der Waals surface area contributed by atoms with Gasteiger partial charge in [-0.3, -0.25) is 9.59 Å². The van der Waals surface area contributed by atoms with E-state index >= 15 is 0 Å². The van der Waals surface area contributed by atoms with Crippen LogP contribution in [0.4, 0.5) is 4.79 Å². The third-order valence-electron chi connectivity index (χ3n) is 5.68.